The van der Waals surface area contributed by atoms with Gasteiger partial charge in [-0.15, -0.1) is 0 Å². The summed E-state index contributed by atoms with van der Waals surface area (Å²) in [5.41, 5.74) is 11.0. The fraction of sp³-hybridized carbons (Fsp3) is 0.400. The second kappa shape index (κ2) is 8.82. The summed E-state index contributed by atoms with van der Waals surface area (Å²) in [4.78, 5) is 0. The largest absolute Gasteiger partial charge is 0.377 e. The third-order valence-electron chi connectivity index (χ3n) is 4.00. The van der Waals surface area contributed by atoms with E-state index in [0.29, 0.717) is 6.61 Å². The molecule has 0 saturated heterocycles. The van der Waals surface area contributed by atoms with Crippen molar-refractivity contribution in [3.8, 4) is 0 Å². The van der Waals surface area contributed by atoms with Crippen LogP contribution in [0.5, 0.6) is 0 Å². The molecule has 0 spiro atoms. The summed E-state index contributed by atoms with van der Waals surface area (Å²) in [5.74, 6) is 0. The Bertz CT molecular complexity index is 591. The first-order valence-corrected chi connectivity index (χ1v) is 8.14. The molecule has 2 aliphatic carbocycles. The lowest BCUT2D eigenvalue weighted by atomic mass is 9.92. The Kier molecular flexibility index (Phi) is 6.78. The molecule has 0 heterocycles. The van der Waals surface area contributed by atoms with Gasteiger partial charge in [0.1, 0.15) is 6.10 Å². The number of nitrogens with two attached hydrogens (primary N) is 1. The zero-order chi connectivity index (χ0) is 16.7. The summed E-state index contributed by atoms with van der Waals surface area (Å²) >= 11 is 0. The van der Waals surface area contributed by atoms with E-state index in [1.165, 1.54) is 16.7 Å². The molecule has 2 rings (SSSR count). The van der Waals surface area contributed by atoms with Gasteiger partial charge in [0.05, 0.1) is 6.61 Å². The predicted molar refractivity (Wildman–Crippen MR) is 96.2 cm³/mol. The smallest absolute Gasteiger partial charge is 0.102 e. The molecule has 124 valence electrons. The van der Waals surface area contributed by atoms with Crippen LogP contribution < -0.4 is 5.73 Å². The van der Waals surface area contributed by atoms with Crippen LogP contribution in [0.2, 0.25) is 0 Å². The Morgan fingerprint density at radius 1 is 1.30 bits per heavy atom. The highest BCUT2D eigenvalue weighted by molar-refractivity contribution is 5.43. The van der Waals surface area contributed by atoms with Crippen LogP contribution >= 0.6 is 0 Å². The van der Waals surface area contributed by atoms with E-state index in [-0.39, 0.29) is 12.1 Å². The van der Waals surface area contributed by atoms with Gasteiger partial charge in [-0.25, -0.2) is 0 Å². The molecule has 0 radical (unpaired) electrons. The summed E-state index contributed by atoms with van der Waals surface area (Å²) in [5, 5.41) is 0. The average Bonchev–Trinajstić information content (AvgIpc) is 2.86. The van der Waals surface area contributed by atoms with Crippen LogP contribution in [0, 0.1) is 0 Å². The van der Waals surface area contributed by atoms with Crippen molar-refractivity contribution in [2.75, 3.05) is 20.3 Å². The van der Waals surface area contributed by atoms with E-state index in [0.717, 1.165) is 18.6 Å². The number of allylic oxidation sites excluding steroid dienone is 7. The van der Waals surface area contributed by atoms with Gasteiger partial charge in [0.25, 0.3) is 0 Å². The van der Waals surface area contributed by atoms with E-state index < -0.39 is 0 Å². The van der Waals surface area contributed by atoms with Gasteiger partial charge in [-0.1, -0.05) is 54.2 Å². The van der Waals surface area contributed by atoms with Crippen molar-refractivity contribution in [1.29, 1.82) is 0 Å². The van der Waals surface area contributed by atoms with Crippen LogP contribution in [0.15, 0.2) is 70.9 Å². The van der Waals surface area contributed by atoms with Crippen molar-refractivity contribution >= 4 is 0 Å². The maximum atomic E-state index is 6.31. The Balaban J connectivity index is 2.25. The Morgan fingerprint density at radius 2 is 2.13 bits per heavy atom. The van der Waals surface area contributed by atoms with Crippen LogP contribution in [0.3, 0.4) is 0 Å². The maximum Gasteiger partial charge on any atom is 0.102 e. The molecular weight excluding hydrogens is 286 g/mol. The lowest BCUT2D eigenvalue weighted by Gasteiger charge is -2.24. The molecule has 0 aromatic rings. The van der Waals surface area contributed by atoms with Crippen molar-refractivity contribution in [3.05, 3.63) is 70.9 Å². The SMILES string of the molecule is CCOCC1=CC=C(C(OC)C2=CC(C)=CC=CC2N)CC=C1. The van der Waals surface area contributed by atoms with Crippen molar-refractivity contribution < 1.29 is 9.47 Å². The second-order valence-electron chi connectivity index (χ2n) is 5.81. The summed E-state index contributed by atoms with van der Waals surface area (Å²) in [6.07, 6.45) is 17.5. The Morgan fingerprint density at radius 3 is 2.87 bits per heavy atom. The van der Waals surface area contributed by atoms with Gasteiger partial charge in [-0.2, -0.15) is 0 Å². The van der Waals surface area contributed by atoms with Gasteiger partial charge in [0, 0.05) is 19.8 Å². The standard InChI is InChI=1S/C20H27NO2/c1-4-23-14-16-8-6-9-17(12-11-16)20(22-3)18-13-15(2)7-5-10-19(18)21/h5-8,10-13,19-20H,4,9,14,21H2,1-3H3. The molecule has 0 bridgehead atoms. The third-order valence-corrected chi connectivity index (χ3v) is 4.00. The molecule has 0 aromatic heterocycles. The molecule has 0 aliphatic heterocycles. The lowest BCUT2D eigenvalue weighted by molar-refractivity contribution is 0.154. The summed E-state index contributed by atoms with van der Waals surface area (Å²) in [6.45, 7) is 5.45. The molecule has 3 nitrogen and oxygen atoms in total. The van der Waals surface area contributed by atoms with Crippen LogP contribution in [0.1, 0.15) is 20.3 Å². The van der Waals surface area contributed by atoms with Crippen LogP contribution in [-0.2, 0) is 9.47 Å². The van der Waals surface area contributed by atoms with Crippen molar-refractivity contribution in [2.24, 2.45) is 5.73 Å². The van der Waals surface area contributed by atoms with Gasteiger partial charge in [0.15, 0.2) is 0 Å². The summed E-state index contributed by atoms with van der Waals surface area (Å²) < 4.78 is 11.3. The molecular formula is C20H27NO2. The minimum atomic E-state index is -0.131. The minimum absolute atomic E-state index is 0.108. The zero-order valence-corrected chi connectivity index (χ0v) is 14.3. The van der Waals surface area contributed by atoms with E-state index in [1.807, 2.05) is 19.1 Å². The molecule has 2 atom stereocenters. The van der Waals surface area contributed by atoms with Crippen LogP contribution in [0.4, 0.5) is 0 Å². The fourth-order valence-corrected chi connectivity index (χ4v) is 2.79. The van der Waals surface area contributed by atoms with Gasteiger partial charge in [0.2, 0.25) is 0 Å². The van der Waals surface area contributed by atoms with E-state index in [4.69, 9.17) is 15.2 Å². The number of ether oxygens (including phenoxy) is 2. The highest BCUT2D eigenvalue weighted by atomic mass is 16.5. The van der Waals surface area contributed by atoms with Crippen LogP contribution in [0.25, 0.3) is 0 Å². The predicted octanol–water partition coefficient (Wildman–Crippen LogP) is 3.62. The van der Waals surface area contributed by atoms with Gasteiger partial charge in [-0.05, 0) is 37.0 Å². The highest BCUT2D eigenvalue weighted by Gasteiger charge is 2.23. The molecule has 0 amide bonds. The second-order valence-corrected chi connectivity index (χ2v) is 5.81. The highest BCUT2D eigenvalue weighted by Crippen LogP contribution is 2.26. The molecule has 0 aromatic carbocycles. The first-order chi connectivity index (χ1) is 11.2. The van der Waals surface area contributed by atoms with Crippen molar-refractivity contribution in [3.63, 3.8) is 0 Å². The first kappa shape index (κ1) is 17.7. The Hall–Kier alpha value is -1.68. The lowest BCUT2D eigenvalue weighted by Crippen LogP contribution is -2.30. The van der Waals surface area contributed by atoms with E-state index in [9.17, 15) is 0 Å². The quantitative estimate of drug-likeness (QED) is 0.814. The van der Waals surface area contributed by atoms with E-state index in [1.54, 1.807) is 7.11 Å². The Labute approximate surface area is 139 Å². The van der Waals surface area contributed by atoms with E-state index >= 15 is 0 Å². The molecule has 2 N–H and O–H groups in total. The third kappa shape index (κ3) is 4.90. The topological polar surface area (TPSA) is 44.5 Å². The molecule has 3 heteroatoms. The number of rotatable bonds is 6. The fourth-order valence-electron chi connectivity index (χ4n) is 2.79. The summed E-state index contributed by atoms with van der Waals surface area (Å²) in [7, 11) is 1.74. The van der Waals surface area contributed by atoms with Gasteiger partial charge in [-0.3, -0.25) is 0 Å². The molecule has 0 fully saturated rings. The zero-order valence-electron chi connectivity index (χ0n) is 14.3. The maximum absolute atomic E-state index is 6.31. The number of hydrogen-bond acceptors (Lipinski definition) is 3. The number of hydrogen-bond donors (Lipinski definition) is 1. The average molecular weight is 313 g/mol. The van der Waals surface area contributed by atoms with Crippen LogP contribution in [-0.4, -0.2) is 32.5 Å². The first-order valence-electron chi connectivity index (χ1n) is 8.14. The molecule has 0 saturated carbocycles. The van der Waals surface area contributed by atoms with Crippen molar-refractivity contribution in [2.45, 2.75) is 32.4 Å². The van der Waals surface area contributed by atoms with Gasteiger partial charge < -0.3 is 15.2 Å². The van der Waals surface area contributed by atoms with Crippen molar-refractivity contribution in [1.82, 2.24) is 0 Å². The van der Waals surface area contributed by atoms with E-state index in [2.05, 4.69) is 43.4 Å². The minimum Gasteiger partial charge on any atom is -0.377 e. The monoisotopic (exact) mass is 313 g/mol. The number of methoxy groups -OCH3 is 1. The van der Waals surface area contributed by atoms with Gasteiger partial charge >= 0.3 is 0 Å². The molecule has 2 unspecified atom stereocenters. The normalized spacial score (nSPS) is 22.5. The molecule has 23 heavy (non-hydrogen) atoms. The summed E-state index contributed by atoms with van der Waals surface area (Å²) in [6, 6.07) is -0.131. The molecule has 2 aliphatic rings.